The largest absolute Gasteiger partial charge is 0.295 e. The van der Waals surface area contributed by atoms with Gasteiger partial charge in [-0.3, -0.25) is 14.9 Å². The summed E-state index contributed by atoms with van der Waals surface area (Å²) in [5.41, 5.74) is 0.736. The first-order valence-electron chi connectivity index (χ1n) is 9.47. The highest BCUT2D eigenvalue weighted by atomic mass is 16.6. The number of nitro groups is 1. The topological polar surface area (TPSA) is 60.2 Å². The van der Waals surface area contributed by atoms with Gasteiger partial charge in [0.15, 0.2) is 5.78 Å². The van der Waals surface area contributed by atoms with Crippen LogP contribution < -0.4 is 0 Å². The maximum atomic E-state index is 12.5. The van der Waals surface area contributed by atoms with Crippen molar-refractivity contribution < 1.29 is 9.72 Å². The molecule has 1 aliphatic rings. The van der Waals surface area contributed by atoms with E-state index in [4.69, 9.17) is 0 Å². The quantitative estimate of drug-likeness (QED) is 0.284. The SMILES string of the molecule is CCCCCCCCC(C)(CC1=C(C)CC(C)(C)CC1=O)[N+](=O)[O-]. The van der Waals surface area contributed by atoms with Crippen LogP contribution in [0.25, 0.3) is 0 Å². The maximum Gasteiger partial charge on any atom is 0.223 e. The average molecular weight is 338 g/mol. The van der Waals surface area contributed by atoms with Gasteiger partial charge < -0.3 is 0 Å². The molecule has 138 valence electrons. The predicted octanol–water partition coefficient (Wildman–Crippen LogP) is 5.87. The first-order chi connectivity index (χ1) is 11.1. The van der Waals surface area contributed by atoms with E-state index in [1.807, 2.05) is 6.92 Å². The summed E-state index contributed by atoms with van der Waals surface area (Å²) in [6.45, 7) is 10.1. The van der Waals surface area contributed by atoms with Crippen molar-refractivity contribution in [2.75, 3.05) is 0 Å². The molecule has 0 aliphatic heterocycles. The molecule has 4 nitrogen and oxygen atoms in total. The van der Waals surface area contributed by atoms with Crippen LogP contribution >= 0.6 is 0 Å². The second-order valence-electron chi connectivity index (χ2n) is 8.65. The lowest BCUT2D eigenvalue weighted by molar-refractivity contribution is -0.566. The summed E-state index contributed by atoms with van der Waals surface area (Å²) in [6.07, 6.45) is 8.93. The molecule has 0 radical (unpaired) electrons. The lowest BCUT2D eigenvalue weighted by atomic mass is 9.71. The van der Waals surface area contributed by atoms with Gasteiger partial charge in [-0.25, -0.2) is 0 Å². The number of carbonyl (C=O) groups is 1. The smallest absolute Gasteiger partial charge is 0.223 e. The summed E-state index contributed by atoms with van der Waals surface area (Å²) in [4.78, 5) is 24.0. The van der Waals surface area contributed by atoms with E-state index in [0.29, 0.717) is 12.8 Å². The van der Waals surface area contributed by atoms with Crippen LogP contribution in [0.4, 0.5) is 0 Å². The number of hydrogen-bond acceptors (Lipinski definition) is 3. The van der Waals surface area contributed by atoms with E-state index in [1.54, 1.807) is 6.92 Å². The lowest BCUT2D eigenvalue weighted by Gasteiger charge is -2.33. The summed E-state index contributed by atoms with van der Waals surface area (Å²) in [6, 6.07) is 0. The van der Waals surface area contributed by atoms with Crippen LogP contribution in [0.2, 0.25) is 0 Å². The number of Topliss-reactive ketones (excluding diaryl/α,β-unsaturated/α-hetero) is 1. The molecule has 0 saturated carbocycles. The van der Waals surface area contributed by atoms with E-state index < -0.39 is 5.54 Å². The van der Waals surface area contributed by atoms with Gasteiger partial charge in [0.2, 0.25) is 5.54 Å². The van der Waals surface area contributed by atoms with E-state index in [2.05, 4.69) is 20.8 Å². The van der Waals surface area contributed by atoms with Crippen molar-refractivity contribution in [1.82, 2.24) is 0 Å². The zero-order valence-corrected chi connectivity index (χ0v) is 16.2. The van der Waals surface area contributed by atoms with Crippen molar-refractivity contribution in [3.63, 3.8) is 0 Å². The molecule has 1 aliphatic carbocycles. The van der Waals surface area contributed by atoms with Gasteiger partial charge >= 0.3 is 0 Å². The predicted molar refractivity (Wildman–Crippen MR) is 98.7 cm³/mol. The Morgan fingerprint density at radius 3 is 2.25 bits per heavy atom. The molecular weight excluding hydrogens is 302 g/mol. The van der Waals surface area contributed by atoms with Crippen LogP contribution in [0.5, 0.6) is 0 Å². The molecule has 24 heavy (non-hydrogen) atoms. The minimum absolute atomic E-state index is 0.0189. The summed E-state index contributed by atoms with van der Waals surface area (Å²) >= 11 is 0. The fourth-order valence-corrected chi connectivity index (χ4v) is 3.83. The zero-order chi connectivity index (χ0) is 18.4. The number of hydrogen-bond donors (Lipinski definition) is 0. The Balaban J connectivity index is 2.71. The van der Waals surface area contributed by atoms with E-state index >= 15 is 0 Å². The summed E-state index contributed by atoms with van der Waals surface area (Å²) in [7, 11) is 0. The van der Waals surface area contributed by atoms with Crippen LogP contribution in [0.15, 0.2) is 11.1 Å². The molecule has 0 bridgehead atoms. The Labute approximate surface area is 147 Å². The Bertz CT molecular complexity index is 493. The number of rotatable bonds is 10. The lowest BCUT2D eigenvalue weighted by Crippen LogP contribution is -2.38. The Morgan fingerprint density at radius 2 is 1.71 bits per heavy atom. The Hall–Kier alpha value is -1.19. The zero-order valence-electron chi connectivity index (χ0n) is 16.2. The Kier molecular flexibility index (Phi) is 7.62. The van der Waals surface area contributed by atoms with Gasteiger partial charge in [0.05, 0.1) is 0 Å². The standard InChI is InChI=1S/C20H35NO3/c1-6-7-8-9-10-11-12-20(5,21(23)24)14-17-16(2)13-19(3,4)15-18(17)22/h6-15H2,1-5H3. The van der Waals surface area contributed by atoms with E-state index in [0.717, 1.165) is 36.8 Å². The third-order valence-corrected chi connectivity index (χ3v) is 5.30. The van der Waals surface area contributed by atoms with E-state index in [1.165, 1.54) is 19.3 Å². The molecular formula is C20H35NO3. The monoisotopic (exact) mass is 337 g/mol. The fourth-order valence-electron chi connectivity index (χ4n) is 3.83. The molecule has 0 fully saturated rings. The molecule has 1 rings (SSSR count). The normalized spacial score (nSPS) is 20.1. The minimum atomic E-state index is -1.02. The second kappa shape index (κ2) is 8.77. The third kappa shape index (κ3) is 6.03. The van der Waals surface area contributed by atoms with E-state index in [9.17, 15) is 14.9 Å². The molecule has 0 N–H and O–H groups in total. The van der Waals surface area contributed by atoms with Crippen molar-refractivity contribution in [3.05, 3.63) is 21.3 Å². The second-order valence-corrected chi connectivity index (χ2v) is 8.65. The molecule has 1 atom stereocenters. The van der Waals surface area contributed by atoms with Crippen molar-refractivity contribution in [2.24, 2.45) is 5.41 Å². The number of carbonyl (C=O) groups excluding carboxylic acids is 1. The molecule has 1 unspecified atom stereocenters. The maximum absolute atomic E-state index is 12.5. The molecule has 0 aromatic carbocycles. The molecule has 0 spiro atoms. The summed E-state index contributed by atoms with van der Waals surface area (Å²) in [5, 5.41) is 11.7. The molecule has 0 aromatic rings. The molecule has 0 heterocycles. The summed E-state index contributed by atoms with van der Waals surface area (Å²) in [5.74, 6) is 0.111. The Morgan fingerprint density at radius 1 is 1.12 bits per heavy atom. The van der Waals surface area contributed by atoms with E-state index in [-0.39, 0.29) is 22.5 Å². The van der Waals surface area contributed by atoms with Gasteiger partial charge in [-0.05, 0) is 25.2 Å². The first kappa shape index (κ1) is 20.9. The molecule has 4 heteroatoms. The van der Waals surface area contributed by atoms with Gasteiger partial charge in [-0.2, -0.15) is 0 Å². The van der Waals surface area contributed by atoms with Crippen LogP contribution in [-0.2, 0) is 4.79 Å². The van der Waals surface area contributed by atoms with Crippen LogP contribution in [0.1, 0.15) is 98.8 Å². The number of unbranched alkanes of at least 4 members (excludes halogenated alkanes) is 5. The summed E-state index contributed by atoms with van der Waals surface area (Å²) < 4.78 is 0. The molecule has 0 saturated heterocycles. The fraction of sp³-hybridized carbons (Fsp3) is 0.850. The highest BCUT2D eigenvalue weighted by Gasteiger charge is 2.41. The van der Waals surface area contributed by atoms with Crippen molar-refractivity contribution in [2.45, 2.75) is 104 Å². The highest BCUT2D eigenvalue weighted by molar-refractivity contribution is 5.97. The van der Waals surface area contributed by atoms with Crippen LogP contribution in [0.3, 0.4) is 0 Å². The van der Waals surface area contributed by atoms with Crippen molar-refractivity contribution in [1.29, 1.82) is 0 Å². The molecule has 0 aromatic heterocycles. The number of allylic oxidation sites excluding steroid dienone is 1. The van der Waals surface area contributed by atoms with Crippen LogP contribution in [0, 0.1) is 15.5 Å². The van der Waals surface area contributed by atoms with Gasteiger partial charge in [-0.15, -0.1) is 0 Å². The van der Waals surface area contributed by atoms with Gasteiger partial charge in [0.1, 0.15) is 0 Å². The minimum Gasteiger partial charge on any atom is -0.295 e. The van der Waals surface area contributed by atoms with Gasteiger partial charge in [-0.1, -0.05) is 58.4 Å². The van der Waals surface area contributed by atoms with Gasteiger partial charge in [0.25, 0.3) is 0 Å². The van der Waals surface area contributed by atoms with Crippen molar-refractivity contribution in [3.8, 4) is 0 Å². The van der Waals surface area contributed by atoms with Crippen LogP contribution in [-0.4, -0.2) is 16.2 Å². The molecule has 0 amide bonds. The van der Waals surface area contributed by atoms with Crippen molar-refractivity contribution >= 4 is 5.78 Å². The number of ketones is 1. The third-order valence-electron chi connectivity index (χ3n) is 5.30. The highest BCUT2D eigenvalue weighted by Crippen LogP contribution is 2.40. The average Bonchev–Trinajstić information content (AvgIpc) is 2.45. The first-order valence-corrected chi connectivity index (χ1v) is 9.47. The number of nitrogens with zero attached hydrogens (tertiary/aromatic N) is 1. The van der Waals surface area contributed by atoms with Gasteiger partial charge in [0, 0.05) is 36.7 Å².